The van der Waals surface area contributed by atoms with E-state index in [0.29, 0.717) is 5.92 Å². The van der Waals surface area contributed by atoms with Crippen molar-refractivity contribution in [3.8, 4) is 22.3 Å². The molecule has 9 aromatic rings. The van der Waals surface area contributed by atoms with E-state index in [1.165, 1.54) is 66.9 Å². The van der Waals surface area contributed by atoms with Crippen LogP contribution in [-0.2, 0) is 10.8 Å². The predicted octanol–water partition coefficient (Wildman–Crippen LogP) is 15.0. The van der Waals surface area contributed by atoms with E-state index in [1.807, 2.05) is 0 Å². The third-order valence-corrected chi connectivity index (χ3v) is 13.7. The average molecular weight is 770 g/mol. The highest BCUT2D eigenvalue weighted by molar-refractivity contribution is 6.07. The molecule has 12 rings (SSSR count). The fraction of sp³-hybridized carbons (Fsp3) is 0.103. The molecule has 1 heterocycles. The molecule has 286 valence electrons. The Hall–Kier alpha value is -7.16. The van der Waals surface area contributed by atoms with Gasteiger partial charge < -0.3 is 9.32 Å². The van der Waals surface area contributed by atoms with Gasteiger partial charge in [0.05, 0.1) is 5.41 Å². The summed E-state index contributed by atoms with van der Waals surface area (Å²) in [5.74, 6) is 0.340. The Balaban J connectivity index is 1.04. The van der Waals surface area contributed by atoms with Gasteiger partial charge in [-0.25, -0.2) is 0 Å². The van der Waals surface area contributed by atoms with Crippen LogP contribution in [0.3, 0.4) is 0 Å². The minimum absolute atomic E-state index is 0.115. The molecule has 1 atom stereocenters. The fourth-order valence-corrected chi connectivity index (χ4v) is 10.9. The SMILES string of the molecule is CC1(C)c2ccccc2-c2ccc(N(C3=CCC(c4ccccc4)C=C3)c3ccc4oc5ccc(C6(c7ccccc7)c7ccccc7-c7ccccc76)cc5c4c3)cc21. The molecule has 3 aliphatic carbocycles. The molecule has 0 saturated heterocycles. The van der Waals surface area contributed by atoms with Gasteiger partial charge in [0, 0.05) is 39.2 Å². The van der Waals surface area contributed by atoms with Gasteiger partial charge in [-0.15, -0.1) is 0 Å². The first-order valence-corrected chi connectivity index (χ1v) is 21.2. The Labute approximate surface area is 351 Å². The normalized spacial score (nSPS) is 16.6. The smallest absolute Gasteiger partial charge is 0.135 e. The van der Waals surface area contributed by atoms with Gasteiger partial charge in [0.1, 0.15) is 11.2 Å². The van der Waals surface area contributed by atoms with Crippen molar-refractivity contribution < 1.29 is 4.42 Å². The summed E-state index contributed by atoms with van der Waals surface area (Å²) in [4.78, 5) is 2.45. The van der Waals surface area contributed by atoms with Gasteiger partial charge in [-0.2, -0.15) is 0 Å². The first kappa shape index (κ1) is 34.8. The molecule has 0 N–H and O–H groups in total. The lowest BCUT2D eigenvalue weighted by Crippen LogP contribution is -2.28. The van der Waals surface area contributed by atoms with Crippen LogP contribution in [0.15, 0.2) is 216 Å². The maximum atomic E-state index is 6.67. The summed E-state index contributed by atoms with van der Waals surface area (Å²) in [6, 6.07) is 69.4. The number of nitrogens with zero attached hydrogens (tertiary/aromatic N) is 1. The lowest BCUT2D eigenvalue weighted by atomic mass is 9.67. The molecule has 0 spiro atoms. The van der Waals surface area contributed by atoms with Crippen molar-refractivity contribution in [1.82, 2.24) is 0 Å². The van der Waals surface area contributed by atoms with Crippen LogP contribution in [0.5, 0.6) is 0 Å². The number of rotatable bonds is 6. The van der Waals surface area contributed by atoms with Crippen molar-refractivity contribution >= 4 is 33.3 Å². The zero-order valence-corrected chi connectivity index (χ0v) is 33.8. The summed E-state index contributed by atoms with van der Waals surface area (Å²) >= 11 is 0. The quantitative estimate of drug-likeness (QED) is 0.167. The van der Waals surface area contributed by atoms with Gasteiger partial charge in [-0.1, -0.05) is 172 Å². The third-order valence-electron chi connectivity index (χ3n) is 13.7. The van der Waals surface area contributed by atoms with Crippen LogP contribution in [-0.4, -0.2) is 0 Å². The van der Waals surface area contributed by atoms with Gasteiger partial charge in [0.25, 0.3) is 0 Å². The molecule has 60 heavy (non-hydrogen) atoms. The van der Waals surface area contributed by atoms with Crippen LogP contribution in [0.4, 0.5) is 11.4 Å². The summed E-state index contributed by atoms with van der Waals surface area (Å²) in [5.41, 5.74) is 19.0. The maximum Gasteiger partial charge on any atom is 0.135 e. The van der Waals surface area contributed by atoms with Gasteiger partial charge in [0.15, 0.2) is 0 Å². The number of hydrogen-bond donors (Lipinski definition) is 0. The molecule has 8 aromatic carbocycles. The number of furan rings is 1. The largest absolute Gasteiger partial charge is 0.456 e. The number of anilines is 2. The van der Waals surface area contributed by atoms with Crippen molar-refractivity contribution in [2.24, 2.45) is 0 Å². The Kier molecular flexibility index (Phi) is 7.65. The van der Waals surface area contributed by atoms with Crippen LogP contribution in [0, 0.1) is 0 Å². The van der Waals surface area contributed by atoms with E-state index >= 15 is 0 Å². The molecular formula is C58H43NO. The molecule has 0 saturated carbocycles. The van der Waals surface area contributed by atoms with Crippen LogP contribution in [0.25, 0.3) is 44.2 Å². The molecule has 0 fully saturated rings. The van der Waals surface area contributed by atoms with Gasteiger partial charge in [0.2, 0.25) is 0 Å². The van der Waals surface area contributed by atoms with Crippen molar-refractivity contribution in [1.29, 1.82) is 0 Å². The van der Waals surface area contributed by atoms with Crippen molar-refractivity contribution in [2.45, 2.75) is 37.0 Å². The van der Waals surface area contributed by atoms with Crippen LogP contribution >= 0.6 is 0 Å². The second kappa shape index (κ2) is 13.2. The summed E-state index contributed by atoms with van der Waals surface area (Å²) in [5, 5.41) is 2.22. The van der Waals surface area contributed by atoms with E-state index in [-0.39, 0.29) is 5.41 Å². The maximum absolute atomic E-state index is 6.67. The van der Waals surface area contributed by atoms with Crippen molar-refractivity contribution in [3.05, 3.63) is 251 Å². The molecule has 0 amide bonds. The average Bonchev–Trinajstić information content (AvgIpc) is 3.90. The highest BCUT2D eigenvalue weighted by Crippen LogP contribution is 2.57. The summed E-state index contributed by atoms with van der Waals surface area (Å²) in [6.45, 7) is 4.72. The summed E-state index contributed by atoms with van der Waals surface area (Å²) in [7, 11) is 0. The number of fused-ring (bicyclic) bond motifs is 9. The van der Waals surface area contributed by atoms with E-state index in [9.17, 15) is 0 Å². The minimum atomic E-state index is -0.488. The fourth-order valence-electron chi connectivity index (χ4n) is 10.9. The van der Waals surface area contributed by atoms with Crippen molar-refractivity contribution in [3.63, 3.8) is 0 Å². The topological polar surface area (TPSA) is 16.4 Å². The number of hydrogen-bond acceptors (Lipinski definition) is 2. The molecule has 3 aliphatic rings. The summed E-state index contributed by atoms with van der Waals surface area (Å²) < 4.78 is 6.67. The van der Waals surface area contributed by atoms with E-state index in [1.54, 1.807) is 0 Å². The van der Waals surface area contributed by atoms with Crippen LogP contribution in [0.2, 0.25) is 0 Å². The first-order chi connectivity index (χ1) is 29.5. The first-order valence-electron chi connectivity index (χ1n) is 21.2. The Bertz CT molecular complexity index is 3170. The molecule has 1 unspecified atom stereocenters. The Morgan fingerprint density at radius 2 is 1.03 bits per heavy atom. The highest BCUT2D eigenvalue weighted by atomic mass is 16.3. The Morgan fingerprint density at radius 1 is 0.483 bits per heavy atom. The number of allylic oxidation sites excluding steroid dienone is 3. The van der Waals surface area contributed by atoms with Gasteiger partial charge in [-0.3, -0.25) is 0 Å². The lowest BCUT2D eigenvalue weighted by molar-refractivity contribution is 0.660. The van der Waals surface area contributed by atoms with E-state index in [4.69, 9.17) is 4.42 Å². The molecule has 1 aromatic heterocycles. The molecule has 2 heteroatoms. The molecule has 0 bridgehead atoms. The molecule has 0 radical (unpaired) electrons. The molecule has 0 aliphatic heterocycles. The second-order valence-corrected chi connectivity index (χ2v) is 17.2. The molecular weight excluding hydrogens is 727 g/mol. The van der Waals surface area contributed by atoms with E-state index in [2.05, 4.69) is 225 Å². The summed E-state index contributed by atoms with van der Waals surface area (Å²) in [6.07, 6.45) is 8.05. The van der Waals surface area contributed by atoms with Crippen molar-refractivity contribution in [2.75, 3.05) is 4.90 Å². The highest BCUT2D eigenvalue weighted by Gasteiger charge is 2.46. The lowest BCUT2D eigenvalue weighted by Gasteiger charge is -2.33. The van der Waals surface area contributed by atoms with Crippen LogP contribution < -0.4 is 4.90 Å². The van der Waals surface area contributed by atoms with Gasteiger partial charge >= 0.3 is 0 Å². The monoisotopic (exact) mass is 769 g/mol. The zero-order chi connectivity index (χ0) is 40.0. The standard InChI is InChI=1S/C58H43NO/c1-57(2)51-22-12-9-19-45(51)48-32-30-44(37-54(48)57)59(42-28-25-39(26-29-42)38-15-5-3-6-16-38)43-31-34-56-50(36-43)49-35-41(27-33-55(49)60-56)58(40-17-7-4-8-18-40)52-23-13-10-20-46(52)47-21-11-14-24-53(47)58/h3-25,27-37,39H,26H2,1-2H3. The molecule has 2 nitrogen and oxygen atoms in total. The van der Waals surface area contributed by atoms with Gasteiger partial charge in [-0.05, 0) is 116 Å². The second-order valence-electron chi connectivity index (χ2n) is 17.2. The predicted molar refractivity (Wildman–Crippen MR) is 248 cm³/mol. The third kappa shape index (κ3) is 5.01. The number of benzene rings is 8. The van der Waals surface area contributed by atoms with Crippen LogP contribution in [0.1, 0.15) is 65.1 Å². The zero-order valence-electron chi connectivity index (χ0n) is 33.8. The minimum Gasteiger partial charge on any atom is -0.456 e. The van der Waals surface area contributed by atoms with E-state index in [0.717, 1.165) is 39.7 Å². The Morgan fingerprint density at radius 3 is 1.72 bits per heavy atom. The van der Waals surface area contributed by atoms with E-state index < -0.39 is 5.41 Å².